The summed E-state index contributed by atoms with van der Waals surface area (Å²) in [6, 6.07) is 47.2. The van der Waals surface area contributed by atoms with E-state index >= 15 is 0 Å². The zero-order valence-electron chi connectivity index (χ0n) is 30.3. The molecule has 3 nitrogen and oxygen atoms in total. The van der Waals surface area contributed by atoms with Gasteiger partial charge in [-0.05, 0) is 123 Å². The van der Waals surface area contributed by atoms with Crippen molar-refractivity contribution in [2.45, 2.75) is 56.8 Å². The van der Waals surface area contributed by atoms with Gasteiger partial charge in [0, 0.05) is 27.5 Å². The zero-order valence-corrected chi connectivity index (χ0v) is 30.3. The molecule has 3 heteroatoms. The fourth-order valence-corrected chi connectivity index (χ4v) is 12.3. The largest absolute Gasteiger partial charge is 0.208 e. The summed E-state index contributed by atoms with van der Waals surface area (Å²) < 4.78 is 0. The Morgan fingerprint density at radius 2 is 1.04 bits per heavy atom. The Labute approximate surface area is 311 Å². The number of aromatic nitrogens is 3. The Bertz CT molecular complexity index is 2640. The first-order chi connectivity index (χ1) is 26.0. The summed E-state index contributed by atoms with van der Waals surface area (Å²) in [5.41, 5.74) is 14.4. The van der Waals surface area contributed by atoms with E-state index in [-0.39, 0.29) is 10.8 Å². The van der Waals surface area contributed by atoms with Crippen LogP contribution in [0.15, 0.2) is 127 Å². The van der Waals surface area contributed by atoms with Crippen molar-refractivity contribution in [1.29, 1.82) is 0 Å². The SMILES string of the molecule is CC1(C)c2ccccc2-c2cc(-c3nc(-c4ccccc4)nc(-c4ccc5c(c4)C4(c6c-5ccc5ccccc65)C5CC6CC(C5)CC4C6)n3)ccc21. The molecular formula is C50H41N3. The summed E-state index contributed by atoms with van der Waals surface area (Å²) in [5, 5.41) is 2.81. The smallest absolute Gasteiger partial charge is 0.164 e. The van der Waals surface area contributed by atoms with E-state index in [1.165, 1.54) is 81.8 Å². The van der Waals surface area contributed by atoms with Crippen molar-refractivity contribution in [3.63, 3.8) is 0 Å². The molecule has 4 bridgehead atoms. The van der Waals surface area contributed by atoms with Crippen LogP contribution in [-0.4, -0.2) is 15.0 Å². The average molecular weight is 684 g/mol. The number of nitrogens with zero attached hydrogens (tertiary/aromatic N) is 3. The molecule has 7 aromatic rings. The number of hydrogen-bond acceptors (Lipinski definition) is 3. The number of rotatable bonds is 3. The maximum absolute atomic E-state index is 5.34. The van der Waals surface area contributed by atoms with Crippen molar-refractivity contribution in [2.24, 2.45) is 23.7 Å². The lowest BCUT2D eigenvalue weighted by Gasteiger charge is -2.61. The fraction of sp³-hybridized carbons (Fsp3) is 0.260. The Hall–Kier alpha value is -5.41. The quantitative estimate of drug-likeness (QED) is 0.186. The highest BCUT2D eigenvalue weighted by Crippen LogP contribution is 2.70. The molecule has 256 valence electrons. The van der Waals surface area contributed by atoms with Crippen molar-refractivity contribution in [3.05, 3.63) is 150 Å². The van der Waals surface area contributed by atoms with E-state index in [2.05, 4.69) is 141 Å². The van der Waals surface area contributed by atoms with E-state index in [4.69, 9.17) is 15.0 Å². The van der Waals surface area contributed by atoms with Crippen LogP contribution >= 0.6 is 0 Å². The van der Waals surface area contributed by atoms with Gasteiger partial charge in [-0.25, -0.2) is 15.0 Å². The van der Waals surface area contributed by atoms with Gasteiger partial charge in [0.15, 0.2) is 17.5 Å². The normalized spacial score (nSPS) is 25.0. The second-order valence-corrected chi connectivity index (χ2v) is 17.2. The van der Waals surface area contributed by atoms with Gasteiger partial charge in [0.2, 0.25) is 0 Å². The third-order valence-corrected chi connectivity index (χ3v) is 14.3. The number of fused-ring (bicyclic) bond motifs is 8. The first kappa shape index (κ1) is 30.1. The van der Waals surface area contributed by atoms with E-state index in [9.17, 15) is 0 Å². The van der Waals surface area contributed by atoms with Gasteiger partial charge >= 0.3 is 0 Å². The molecule has 53 heavy (non-hydrogen) atoms. The molecule has 6 aromatic carbocycles. The predicted octanol–water partition coefficient (Wildman–Crippen LogP) is 12.1. The summed E-state index contributed by atoms with van der Waals surface area (Å²) >= 11 is 0. The predicted molar refractivity (Wildman–Crippen MR) is 214 cm³/mol. The van der Waals surface area contributed by atoms with E-state index in [1.807, 2.05) is 0 Å². The molecule has 1 spiro atoms. The molecular weight excluding hydrogens is 643 g/mol. The molecule has 0 radical (unpaired) electrons. The van der Waals surface area contributed by atoms with Gasteiger partial charge in [-0.2, -0.15) is 0 Å². The minimum Gasteiger partial charge on any atom is -0.208 e. The summed E-state index contributed by atoms with van der Waals surface area (Å²) in [6.45, 7) is 4.66. The lowest BCUT2D eigenvalue weighted by Crippen LogP contribution is -2.55. The van der Waals surface area contributed by atoms with Gasteiger partial charge in [-0.15, -0.1) is 0 Å². The molecule has 0 saturated heterocycles. The Morgan fingerprint density at radius 3 is 1.81 bits per heavy atom. The van der Waals surface area contributed by atoms with Crippen LogP contribution in [0.25, 0.3) is 67.2 Å². The highest BCUT2D eigenvalue weighted by atomic mass is 15.0. The van der Waals surface area contributed by atoms with Crippen molar-refractivity contribution in [1.82, 2.24) is 15.0 Å². The fourth-order valence-electron chi connectivity index (χ4n) is 12.3. The highest BCUT2D eigenvalue weighted by Gasteiger charge is 2.62. The minimum atomic E-state index is -0.0505. The van der Waals surface area contributed by atoms with Crippen LogP contribution in [0.1, 0.15) is 68.2 Å². The van der Waals surface area contributed by atoms with Crippen molar-refractivity contribution < 1.29 is 0 Å². The highest BCUT2D eigenvalue weighted by molar-refractivity contribution is 5.98. The second-order valence-electron chi connectivity index (χ2n) is 17.2. The van der Waals surface area contributed by atoms with Crippen LogP contribution in [-0.2, 0) is 10.8 Å². The van der Waals surface area contributed by atoms with Crippen LogP contribution in [0.5, 0.6) is 0 Å². The van der Waals surface area contributed by atoms with E-state index < -0.39 is 0 Å². The third-order valence-electron chi connectivity index (χ3n) is 14.3. The second kappa shape index (κ2) is 10.6. The molecule has 1 heterocycles. The van der Waals surface area contributed by atoms with Gasteiger partial charge in [0.05, 0.1) is 0 Å². The monoisotopic (exact) mass is 683 g/mol. The molecule has 13 rings (SSSR count). The lowest BCUT2D eigenvalue weighted by atomic mass is 9.43. The van der Waals surface area contributed by atoms with Crippen LogP contribution in [0, 0.1) is 23.7 Å². The number of benzene rings is 6. The molecule has 0 atom stereocenters. The molecule has 0 unspecified atom stereocenters. The molecule has 0 aliphatic heterocycles. The van der Waals surface area contributed by atoms with Gasteiger partial charge in [0.1, 0.15) is 0 Å². The summed E-state index contributed by atoms with van der Waals surface area (Å²) in [6.07, 6.45) is 6.86. The van der Waals surface area contributed by atoms with Gasteiger partial charge in [0.25, 0.3) is 0 Å². The number of hydrogen-bond donors (Lipinski definition) is 0. The van der Waals surface area contributed by atoms with E-state index in [1.54, 1.807) is 5.56 Å². The molecule has 4 saturated carbocycles. The van der Waals surface area contributed by atoms with Gasteiger partial charge in [-0.3, -0.25) is 0 Å². The first-order valence-electron chi connectivity index (χ1n) is 19.7. The Balaban J connectivity index is 1.07. The third kappa shape index (κ3) is 4.03. The first-order valence-corrected chi connectivity index (χ1v) is 19.7. The average Bonchev–Trinajstić information content (AvgIpc) is 3.62. The minimum absolute atomic E-state index is 0.0350. The van der Waals surface area contributed by atoms with E-state index in [0.29, 0.717) is 17.7 Å². The maximum atomic E-state index is 5.34. The topological polar surface area (TPSA) is 38.7 Å². The zero-order chi connectivity index (χ0) is 35.1. The van der Waals surface area contributed by atoms with Crippen LogP contribution in [0.4, 0.5) is 0 Å². The standard InChI is InChI=1S/C50H41N3/c1-49(2)42-15-9-8-14-38(42)41-27-33(18-21-43(41)49)47-51-46(32-11-4-3-5-12-32)52-48(53-47)34-17-19-39-40-20-16-31-10-6-7-13-37(31)45(40)50(44(39)28-34)35-23-29-22-30(25-35)26-36(50)24-29/h3-21,27-30,35-36H,22-26H2,1-2H3. The van der Waals surface area contributed by atoms with Crippen molar-refractivity contribution in [3.8, 4) is 56.4 Å². The van der Waals surface area contributed by atoms with Crippen LogP contribution in [0.3, 0.4) is 0 Å². The Kier molecular flexibility index (Phi) is 6.02. The van der Waals surface area contributed by atoms with Crippen LogP contribution in [0.2, 0.25) is 0 Å². The molecule has 6 aliphatic rings. The summed E-state index contributed by atoms with van der Waals surface area (Å²) in [5.74, 6) is 5.30. The summed E-state index contributed by atoms with van der Waals surface area (Å²) in [4.78, 5) is 15.8. The Morgan fingerprint density at radius 1 is 0.453 bits per heavy atom. The summed E-state index contributed by atoms with van der Waals surface area (Å²) in [7, 11) is 0. The molecule has 6 aliphatic carbocycles. The maximum Gasteiger partial charge on any atom is 0.164 e. The molecule has 0 amide bonds. The van der Waals surface area contributed by atoms with Crippen molar-refractivity contribution in [2.75, 3.05) is 0 Å². The van der Waals surface area contributed by atoms with Crippen molar-refractivity contribution >= 4 is 10.8 Å². The van der Waals surface area contributed by atoms with Gasteiger partial charge in [-0.1, -0.05) is 129 Å². The molecule has 0 N–H and O–H groups in total. The van der Waals surface area contributed by atoms with E-state index in [0.717, 1.165) is 40.2 Å². The molecule has 4 fully saturated rings. The lowest BCUT2D eigenvalue weighted by molar-refractivity contribution is -0.0393. The van der Waals surface area contributed by atoms with Crippen LogP contribution < -0.4 is 0 Å². The molecule has 1 aromatic heterocycles. The van der Waals surface area contributed by atoms with Gasteiger partial charge < -0.3 is 0 Å².